The summed E-state index contributed by atoms with van der Waals surface area (Å²) in [5.41, 5.74) is 3.11. The maximum Gasteiger partial charge on any atom is 0.262 e. The normalized spacial score (nSPS) is 11.3. The summed E-state index contributed by atoms with van der Waals surface area (Å²) >= 11 is 1.39. The Hall–Kier alpha value is -3.43. The van der Waals surface area contributed by atoms with Gasteiger partial charge in [0, 0.05) is 23.0 Å². The van der Waals surface area contributed by atoms with Crippen LogP contribution < -0.4 is 14.8 Å². The molecule has 9 heteroatoms. The van der Waals surface area contributed by atoms with Crippen molar-refractivity contribution in [3.8, 4) is 5.75 Å². The number of aromatic nitrogens is 1. The maximum absolute atomic E-state index is 12.7. The van der Waals surface area contributed by atoms with E-state index in [1.165, 1.54) is 35.8 Å². The third-order valence-corrected chi connectivity index (χ3v) is 6.79. The lowest BCUT2D eigenvalue weighted by molar-refractivity contribution is -0.118. The zero-order valence-corrected chi connectivity index (χ0v) is 19.1. The molecule has 0 atom stereocenters. The van der Waals surface area contributed by atoms with Gasteiger partial charge in [0.2, 0.25) is 0 Å². The number of hydrogen-bond acceptors (Lipinski definition) is 6. The Morgan fingerprint density at radius 3 is 2.41 bits per heavy atom. The van der Waals surface area contributed by atoms with E-state index in [1.54, 1.807) is 24.4 Å². The van der Waals surface area contributed by atoms with Crippen molar-refractivity contribution in [3.63, 3.8) is 0 Å². The molecule has 0 spiro atoms. The SMILES string of the molecule is Cc1cc(C)cc(NS(=O)(=O)c2ccc(OCC(=O)Nc3ccc4sncc4c3)cc2)c1. The highest BCUT2D eigenvalue weighted by Crippen LogP contribution is 2.23. The van der Waals surface area contributed by atoms with Crippen molar-refractivity contribution in [1.82, 2.24) is 4.37 Å². The molecule has 0 aliphatic rings. The quantitative estimate of drug-likeness (QED) is 0.409. The van der Waals surface area contributed by atoms with Crippen LogP contribution in [0.4, 0.5) is 11.4 Å². The number of carbonyl (C=O) groups excluding carboxylic acids is 1. The van der Waals surface area contributed by atoms with E-state index in [4.69, 9.17) is 4.74 Å². The Bertz CT molecular complexity index is 1360. The minimum Gasteiger partial charge on any atom is -0.484 e. The Morgan fingerprint density at radius 2 is 1.69 bits per heavy atom. The van der Waals surface area contributed by atoms with E-state index >= 15 is 0 Å². The number of hydrogen-bond donors (Lipinski definition) is 2. The van der Waals surface area contributed by atoms with Crippen LogP contribution >= 0.6 is 11.5 Å². The standard InChI is InChI=1S/C23H21N3O4S2/c1-15-9-16(2)11-19(10-15)26-32(28,29)21-6-4-20(5-7-21)30-14-23(27)25-18-3-8-22-17(12-18)13-24-31-22/h3-13,26H,14H2,1-2H3,(H,25,27). The third-order valence-electron chi connectivity index (χ3n) is 4.61. The first kappa shape index (κ1) is 21.8. The van der Waals surface area contributed by atoms with Gasteiger partial charge < -0.3 is 10.1 Å². The number of nitrogens with zero attached hydrogens (tertiary/aromatic N) is 1. The van der Waals surface area contributed by atoms with Crippen molar-refractivity contribution in [2.24, 2.45) is 0 Å². The zero-order valence-electron chi connectivity index (χ0n) is 17.5. The minimum absolute atomic E-state index is 0.103. The first-order valence-electron chi connectivity index (χ1n) is 9.77. The van der Waals surface area contributed by atoms with E-state index in [-0.39, 0.29) is 17.4 Å². The second kappa shape index (κ2) is 8.97. The predicted molar refractivity (Wildman–Crippen MR) is 127 cm³/mol. The number of fused-ring (bicyclic) bond motifs is 1. The highest BCUT2D eigenvalue weighted by atomic mass is 32.2. The van der Waals surface area contributed by atoms with Crippen molar-refractivity contribution in [2.75, 3.05) is 16.6 Å². The number of carbonyl (C=O) groups is 1. The lowest BCUT2D eigenvalue weighted by atomic mass is 10.1. The van der Waals surface area contributed by atoms with Gasteiger partial charge in [0.05, 0.1) is 9.60 Å². The number of amides is 1. The van der Waals surface area contributed by atoms with Gasteiger partial charge in [-0.3, -0.25) is 9.52 Å². The second-order valence-corrected chi connectivity index (χ2v) is 9.88. The Labute approximate surface area is 190 Å². The molecule has 0 fully saturated rings. The summed E-state index contributed by atoms with van der Waals surface area (Å²) < 4.78 is 38.5. The number of sulfonamides is 1. The number of rotatable bonds is 7. The van der Waals surface area contributed by atoms with Gasteiger partial charge in [0.15, 0.2) is 6.61 Å². The molecular formula is C23H21N3O4S2. The first-order chi connectivity index (χ1) is 15.3. The zero-order chi connectivity index (χ0) is 22.7. The van der Waals surface area contributed by atoms with Crippen molar-refractivity contribution < 1.29 is 17.9 Å². The Morgan fingerprint density at radius 1 is 0.969 bits per heavy atom. The van der Waals surface area contributed by atoms with Gasteiger partial charge in [-0.05, 0) is 91.1 Å². The average molecular weight is 468 g/mol. The highest BCUT2D eigenvalue weighted by molar-refractivity contribution is 7.92. The molecule has 0 aliphatic heterocycles. The molecule has 0 aliphatic carbocycles. The van der Waals surface area contributed by atoms with Crippen LogP contribution in [-0.4, -0.2) is 25.3 Å². The summed E-state index contributed by atoms with van der Waals surface area (Å²) in [5.74, 6) is 0.0729. The fraction of sp³-hybridized carbons (Fsp3) is 0.130. The van der Waals surface area contributed by atoms with Crippen LogP contribution in [0.1, 0.15) is 11.1 Å². The van der Waals surface area contributed by atoms with Crippen molar-refractivity contribution in [1.29, 1.82) is 0 Å². The lowest BCUT2D eigenvalue weighted by Crippen LogP contribution is -2.20. The van der Waals surface area contributed by atoms with Gasteiger partial charge in [-0.2, -0.15) is 4.37 Å². The smallest absolute Gasteiger partial charge is 0.262 e. The number of aryl methyl sites for hydroxylation is 2. The average Bonchev–Trinajstić information content (AvgIpc) is 3.19. The van der Waals surface area contributed by atoms with Crippen LogP contribution in [0.5, 0.6) is 5.75 Å². The van der Waals surface area contributed by atoms with E-state index in [2.05, 4.69) is 14.4 Å². The molecule has 4 rings (SSSR count). The van der Waals surface area contributed by atoms with Crippen molar-refractivity contribution in [2.45, 2.75) is 18.7 Å². The van der Waals surface area contributed by atoms with Crippen molar-refractivity contribution >= 4 is 48.9 Å². The van der Waals surface area contributed by atoms with Gasteiger partial charge in [0.25, 0.3) is 15.9 Å². The predicted octanol–water partition coefficient (Wildman–Crippen LogP) is 4.73. The lowest BCUT2D eigenvalue weighted by Gasteiger charge is -2.11. The molecule has 0 saturated carbocycles. The highest BCUT2D eigenvalue weighted by Gasteiger charge is 2.15. The van der Waals surface area contributed by atoms with Gasteiger partial charge in [-0.1, -0.05) is 6.07 Å². The number of anilines is 2. The summed E-state index contributed by atoms with van der Waals surface area (Å²) in [6.07, 6.45) is 1.75. The van der Waals surface area contributed by atoms with Gasteiger partial charge >= 0.3 is 0 Å². The first-order valence-corrected chi connectivity index (χ1v) is 12.0. The van der Waals surface area contributed by atoms with Crippen molar-refractivity contribution in [3.05, 3.63) is 78.0 Å². The van der Waals surface area contributed by atoms with Gasteiger partial charge in [0.1, 0.15) is 5.75 Å². The largest absolute Gasteiger partial charge is 0.484 e. The Kier molecular flexibility index (Phi) is 6.11. The Balaban J connectivity index is 1.36. The van der Waals surface area contributed by atoms with E-state index in [0.29, 0.717) is 17.1 Å². The van der Waals surface area contributed by atoms with Crippen LogP contribution in [0.2, 0.25) is 0 Å². The molecule has 0 bridgehead atoms. The van der Waals surface area contributed by atoms with Crippen LogP contribution in [0.25, 0.3) is 10.1 Å². The molecule has 1 amide bonds. The van der Waals surface area contributed by atoms with Crippen LogP contribution in [-0.2, 0) is 14.8 Å². The molecule has 164 valence electrons. The molecule has 1 aromatic heterocycles. The summed E-state index contributed by atoms with van der Waals surface area (Å²) in [5, 5.41) is 3.73. The molecular weight excluding hydrogens is 446 g/mol. The molecule has 7 nitrogen and oxygen atoms in total. The van der Waals surface area contributed by atoms with E-state index in [0.717, 1.165) is 21.2 Å². The van der Waals surface area contributed by atoms with Crippen LogP contribution in [0.3, 0.4) is 0 Å². The molecule has 4 aromatic rings. The fourth-order valence-electron chi connectivity index (χ4n) is 3.26. The van der Waals surface area contributed by atoms with Gasteiger partial charge in [-0.25, -0.2) is 8.42 Å². The molecule has 1 heterocycles. The van der Waals surface area contributed by atoms with Gasteiger partial charge in [-0.15, -0.1) is 0 Å². The minimum atomic E-state index is -3.74. The molecule has 0 unspecified atom stereocenters. The molecule has 0 saturated heterocycles. The molecule has 32 heavy (non-hydrogen) atoms. The topological polar surface area (TPSA) is 97.4 Å². The fourth-order valence-corrected chi connectivity index (χ4v) is 4.92. The summed E-state index contributed by atoms with van der Waals surface area (Å²) in [6, 6.07) is 17.0. The third kappa shape index (κ3) is 5.24. The molecule has 2 N–H and O–H groups in total. The summed E-state index contributed by atoms with van der Waals surface area (Å²) in [7, 11) is -3.74. The number of nitrogens with one attached hydrogen (secondary N) is 2. The van der Waals surface area contributed by atoms with Crippen LogP contribution in [0.15, 0.2) is 71.8 Å². The second-order valence-electron chi connectivity index (χ2n) is 7.37. The maximum atomic E-state index is 12.7. The van der Waals surface area contributed by atoms with Crippen LogP contribution in [0, 0.1) is 13.8 Å². The molecule has 0 radical (unpaired) electrons. The van der Waals surface area contributed by atoms with E-state index in [9.17, 15) is 13.2 Å². The van der Waals surface area contributed by atoms with E-state index < -0.39 is 10.0 Å². The summed E-state index contributed by atoms with van der Waals surface area (Å²) in [6.45, 7) is 3.61. The van der Waals surface area contributed by atoms with E-state index in [1.807, 2.05) is 32.0 Å². The summed E-state index contributed by atoms with van der Waals surface area (Å²) in [4.78, 5) is 12.3. The number of ether oxygens (including phenoxy) is 1. The monoisotopic (exact) mass is 467 g/mol. The molecule has 3 aromatic carbocycles. The number of benzene rings is 3.